The van der Waals surface area contributed by atoms with Crippen LogP contribution in [0, 0.1) is 11.7 Å². The van der Waals surface area contributed by atoms with Crippen molar-refractivity contribution in [2.45, 2.75) is 45.4 Å². The Morgan fingerprint density at radius 2 is 1.90 bits per heavy atom. The summed E-state index contributed by atoms with van der Waals surface area (Å²) < 4.78 is 29.5. The predicted octanol–water partition coefficient (Wildman–Crippen LogP) is 4.79. The zero-order valence-electron chi connectivity index (χ0n) is 13.1. The number of hydrogen-bond acceptors (Lipinski definition) is 3. The fourth-order valence-electron chi connectivity index (χ4n) is 1.99. The van der Waals surface area contributed by atoms with Crippen LogP contribution in [-0.4, -0.2) is 9.30 Å². The Balaban J connectivity index is 2.32. The van der Waals surface area contributed by atoms with Crippen LogP contribution < -0.4 is 4.72 Å². The van der Waals surface area contributed by atoms with Crippen molar-refractivity contribution in [3.8, 4) is 0 Å². The molecular weight excluding hydrogens is 305 g/mol. The van der Waals surface area contributed by atoms with Crippen molar-refractivity contribution >= 4 is 32.8 Å². The van der Waals surface area contributed by atoms with Gasteiger partial charge in [0.15, 0.2) is 0 Å². The molecule has 0 aliphatic rings. The molecule has 1 N–H and O–H groups in total. The number of hydrogen-bond donors (Lipinski definition) is 1. The molecule has 2 nitrogen and oxygen atoms in total. The highest BCUT2D eigenvalue weighted by molar-refractivity contribution is 7.90. The van der Waals surface area contributed by atoms with Crippen molar-refractivity contribution in [2.75, 3.05) is 0 Å². The highest BCUT2D eigenvalue weighted by Crippen LogP contribution is 2.34. The second-order valence-electron chi connectivity index (χ2n) is 6.55. The molecule has 21 heavy (non-hydrogen) atoms. The van der Waals surface area contributed by atoms with Gasteiger partial charge >= 0.3 is 0 Å². The number of fused-ring (bicyclic) bond motifs is 1. The Bertz CT molecular complexity index is 618. The summed E-state index contributed by atoms with van der Waals surface area (Å²) >= 11 is 0.432. The minimum absolute atomic E-state index is 0.00511. The van der Waals surface area contributed by atoms with E-state index in [9.17, 15) is 8.94 Å². The van der Waals surface area contributed by atoms with Gasteiger partial charge in [0.2, 0.25) is 0 Å². The molecule has 2 aromatic rings. The van der Waals surface area contributed by atoms with Crippen molar-refractivity contribution in [3.05, 3.63) is 35.0 Å². The quantitative estimate of drug-likeness (QED) is 0.820. The van der Waals surface area contributed by atoms with Crippen LogP contribution in [0.25, 0.3) is 10.1 Å². The minimum atomic E-state index is -1.13. The molecule has 0 fully saturated rings. The summed E-state index contributed by atoms with van der Waals surface area (Å²) in [6, 6.07) is 6.90. The molecule has 5 heteroatoms. The number of halogens is 1. The van der Waals surface area contributed by atoms with Crippen molar-refractivity contribution in [3.63, 3.8) is 0 Å². The summed E-state index contributed by atoms with van der Waals surface area (Å²) in [5.74, 6) is 0.0810. The van der Waals surface area contributed by atoms with Crippen molar-refractivity contribution in [2.24, 2.45) is 5.92 Å². The normalized spacial score (nSPS) is 15.6. The van der Waals surface area contributed by atoms with Gasteiger partial charge < -0.3 is 4.55 Å². The van der Waals surface area contributed by atoms with E-state index in [1.165, 1.54) is 6.07 Å². The van der Waals surface area contributed by atoms with Crippen LogP contribution in [0.3, 0.4) is 0 Å². The van der Waals surface area contributed by atoms with Gasteiger partial charge in [0.1, 0.15) is 10.6 Å². The summed E-state index contributed by atoms with van der Waals surface area (Å²) in [6.45, 7) is 10.1. The number of nitrogens with one attached hydrogen (secondary N) is 1. The second-order valence-corrected chi connectivity index (χ2v) is 9.66. The first kappa shape index (κ1) is 16.7. The fourth-order valence-corrected chi connectivity index (χ4v) is 4.37. The Morgan fingerprint density at radius 3 is 2.48 bits per heavy atom. The van der Waals surface area contributed by atoms with E-state index in [0.717, 1.165) is 15.0 Å². The fraction of sp³-hybridized carbons (Fsp3) is 0.500. The van der Waals surface area contributed by atoms with Gasteiger partial charge in [-0.1, -0.05) is 19.9 Å². The zero-order chi connectivity index (χ0) is 15.8. The highest BCUT2D eigenvalue weighted by atomic mass is 32.2. The van der Waals surface area contributed by atoms with Crippen molar-refractivity contribution in [1.29, 1.82) is 0 Å². The van der Waals surface area contributed by atoms with E-state index >= 15 is 0 Å². The molecule has 0 aliphatic heterocycles. The van der Waals surface area contributed by atoms with Gasteiger partial charge in [-0.05, 0) is 50.3 Å². The Labute approximate surface area is 133 Å². The number of thiophene rings is 1. The third-order valence-electron chi connectivity index (χ3n) is 3.26. The van der Waals surface area contributed by atoms with Gasteiger partial charge in [-0.3, -0.25) is 0 Å². The van der Waals surface area contributed by atoms with E-state index in [1.807, 2.05) is 20.8 Å². The molecule has 0 amide bonds. The topological polar surface area (TPSA) is 35.1 Å². The van der Waals surface area contributed by atoms with Crippen molar-refractivity contribution < 1.29 is 8.94 Å². The van der Waals surface area contributed by atoms with E-state index < -0.39 is 11.4 Å². The summed E-state index contributed by atoms with van der Waals surface area (Å²) in [5, 5.41) is 1.03. The molecule has 2 atom stereocenters. The van der Waals surface area contributed by atoms with Crippen LogP contribution in [-0.2, 0) is 11.4 Å². The average Bonchev–Trinajstić information content (AvgIpc) is 2.76. The maximum Gasteiger partial charge on any atom is 0.136 e. The summed E-state index contributed by atoms with van der Waals surface area (Å²) in [7, 11) is 0. The van der Waals surface area contributed by atoms with Crippen LogP contribution in [0.4, 0.5) is 4.39 Å². The van der Waals surface area contributed by atoms with Gasteiger partial charge in [0.05, 0.1) is 6.04 Å². The molecule has 0 radical (unpaired) electrons. The first-order chi connectivity index (χ1) is 9.68. The first-order valence-electron chi connectivity index (χ1n) is 7.05. The van der Waals surface area contributed by atoms with Crippen LogP contribution in [0.5, 0.6) is 0 Å². The monoisotopic (exact) mass is 327 g/mol. The summed E-state index contributed by atoms with van der Waals surface area (Å²) in [4.78, 5) is 1.10. The lowest BCUT2D eigenvalue weighted by molar-refractivity contribution is 0.457. The predicted molar refractivity (Wildman–Crippen MR) is 90.4 cm³/mol. The Hall–Kier alpha value is -0.620. The molecule has 0 bridgehead atoms. The molecule has 0 aliphatic carbocycles. The Morgan fingerprint density at radius 1 is 1.24 bits per heavy atom. The van der Waals surface area contributed by atoms with E-state index in [-0.39, 0.29) is 16.6 Å². The molecule has 2 rings (SSSR count). The maximum absolute atomic E-state index is 13.3. The summed E-state index contributed by atoms with van der Waals surface area (Å²) in [6.07, 6.45) is 0. The van der Waals surface area contributed by atoms with E-state index in [0.29, 0.717) is 5.92 Å². The third kappa shape index (κ3) is 3.97. The Kier molecular flexibility index (Phi) is 4.98. The van der Waals surface area contributed by atoms with E-state index in [4.69, 9.17) is 0 Å². The van der Waals surface area contributed by atoms with Crippen LogP contribution in [0.1, 0.15) is 45.5 Å². The molecular formula is C16H22FNOS2. The van der Waals surface area contributed by atoms with Gasteiger partial charge in [0, 0.05) is 20.9 Å². The average molecular weight is 327 g/mol. The molecule has 1 aromatic carbocycles. The summed E-state index contributed by atoms with van der Waals surface area (Å²) in [5.41, 5.74) is 0. The van der Waals surface area contributed by atoms with Crippen LogP contribution in [0.15, 0.2) is 24.3 Å². The molecule has 116 valence electrons. The van der Waals surface area contributed by atoms with Crippen LogP contribution in [0.2, 0.25) is 0 Å². The molecule has 0 saturated heterocycles. The largest absolute Gasteiger partial charge is 0.598 e. The van der Waals surface area contributed by atoms with Crippen LogP contribution >= 0.6 is 11.3 Å². The van der Waals surface area contributed by atoms with E-state index in [2.05, 4.69) is 24.6 Å². The molecule has 0 spiro atoms. The maximum atomic E-state index is 13.3. The van der Waals surface area contributed by atoms with Gasteiger partial charge in [-0.2, -0.15) is 0 Å². The molecule has 1 heterocycles. The standard InChI is InChI=1S/C16H22FNOS2/c1-10(2)15(18-21(19)16(3,4)5)14-8-11-6-7-12(17)9-13(11)20-14/h6-10,15,18H,1-5H3/t15-,21?/m1/s1. The minimum Gasteiger partial charge on any atom is -0.598 e. The number of rotatable bonds is 4. The van der Waals surface area contributed by atoms with Gasteiger partial charge in [0.25, 0.3) is 0 Å². The molecule has 0 saturated carbocycles. The number of benzene rings is 1. The second kappa shape index (κ2) is 6.24. The third-order valence-corrected chi connectivity index (χ3v) is 6.03. The zero-order valence-corrected chi connectivity index (χ0v) is 14.7. The van der Waals surface area contributed by atoms with Gasteiger partial charge in [-0.25, -0.2) is 4.39 Å². The lowest BCUT2D eigenvalue weighted by Crippen LogP contribution is -2.42. The van der Waals surface area contributed by atoms with Gasteiger partial charge in [-0.15, -0.1) is 16.1 Å². The smallest absolute Gasteiger partial charge is 0.136 e. The van der Waals surface area contributed by atoms with Crippen molar-refractivity contribution in [1.82, 2.24) is 4.72 Å². The highest BCUT2D eigenvalue weighted by Gasteiger charge is 2.31. The first-order valence-corrected chi connectivity index (χ1v) is 9.02. The SMILES string of the molecule is CC(C)[C@@H](N[S+]([O-])C(C)(C)C)c1cc2ccc(F)cc2s1. The lowest BCUT2D eigenvalue weighted by atomic mass is 10.0. The molecule has 1 unspecified atom stereocenters. The lowest BCUT2D eigenvalue weighted by Gasteiger charge is -2.29. The molecule has 1 aromatic heterocycles. The van der Waals surface area contributed by atoms with E-state index in [1.54, 1.807) is 23.5 Å².